The maximum Gasteiger partial charge on any atom is 0.163 e. The van der Waals surface area contributed by atoms with E-state index in [4.69, 9.17) is 37.9 Å². The molecule has 0 bridgehead atoms. The fourth-order valence-corrected chi connectivity index (χ4v) is 9.55. The predicted molar refractivity (Wildman–Crippen MR) is 138 cm³/mol. The Morgan fingerprint density at radius 3 is 2.36 bits per heavy atom. The minimum atomic E-state index is -1.11. The second-order valence-electron chi connectivity index (χ2n) is 13.1. The van der Waals surface area contributed by atoms with Gasteiger partial charge in [-0.3, -0.25) is 0 Å². The van der Waals surface area contributed by atoms with E-state index >= 15 is 0 Å². The van der Waals surface area contributed by atoms with Crippen molar-refractivity contribution >= 4 is 6.29 Å². The zero-order valence-corrected chi connectivity index (χ0v) is 24.4. The van der Waals surface area contributed by atoms with E-state index in [-0.39, 0.29) is 56.4 Å². The third kappa shape index (κ3) is 4.44. The molecule has 4 saturated carbocycles. The number of ether oxygens (including phenoxy) is 8. The van der Waals surface area contributed by atoms with Crippen LogP contribution in [0.3, 0.4) is 0 Å². The van der Waals surface area contributed by atoms with Gasteiger partial charge in [-0.1, -0.05) is 6.92 Å². The third-order valence-electron chi connectivity index (χ3n) is 11.1. The number of aldehydes is 1. The van der Waals surface area contributed by atoms with E-state index in [0.29, 0.717) is 38.7 Å². The number of rotatable bonds is 10. The number of hydrogen-bond donors (Lipinski definition) is 1. The van der Waals surface area contributed by atoms with E-state index < -0.39 is 27.8 Å². The summed E-state index contributed by atoms with van der Waals surface area (Å²) in [6, 6.07) is 0. The van der Waals surface area contributed by atoms with Crippen molar-refractivity contribution in [2.75, 3.05) is 48.3 Å². The van der Waals surface area contributed by atoms with E-state index in [1.165, 1.54) is 0 Å². The van der Waals surface area contributed by atoms with Gasteiger partial charge in [0.25, 0.3) is 0 Å². The Bertz CT molecular complexity index is 884. The van der Waals surface area contributed by atoms with Gasteiger partial charge in [0.15, 0.2) is 5.79 Å². The summed E-state index contributed by atoms with van der Waals surface area (Å²) < 4.78 is 48.4. The van der Waals surface area contributed by atoms with Crippen LogP contribution in [0.1, 0.15) is 65.7 Å². The van der Waals surface area contributed by atoms with Crippen LogP contribution in [-0.4, -0.2) is 95.0 Å². The molecule has 39 heavy (non-hydrogen) atoms. The molecule has 5 rings (SSSR count). The van der Waals surface area contributed by atoms with E-state index in [9.17, 15) is 9.90 Å². The zero-order valence-electron chi connectivity index (χ0n) is 24.4. The minimum Gasteiger partial charge on any atom is -0.389 e. The molecule has 0 radical (unpaired) electrons. The molecule has 5 aliphatic rings. The number of aliphatic hydroxyl groups is 1. The number of carbonyl (C=O) groups is 1. The maximum absolute atomic E-state index is 12.7. The van der Waals surface area contributed by atoms with Crippen LogP contribution < -0.4 is 0 Å². The van der Waals surface area contributed by atoms with Gasteiger partial charge >= 0.3 is 0 Å². The Balaban J connectivity index is 1.64. The molecule has 1 spiro atoms. The molecular weight excluding hydrogens is 508 g/mol. The normalized spacial score (nSPS) is 48.5. The van der Waals surface area contributed by atoms with Crippen molar-refractivity contribution in [3.8, 4) is 0 Å². The molecule has 5 fully saturated rings. The van der Waals surface area contributed by atoms with Gasteiger partial charge in [-0.15, -0.1) is 0 Å². The highest BCUT2D eigenvalue weighted by Crippen LogP contribution is 2.72. The summed E-state index contributed by atoms with van der Waals surface area (Å²) >= 11 is 0. The first-order valence-electron chi connectivity index (χ1n) is 14.4. The van der Waals surface area contributed by atoms with Gasteiger partial charge < -0.3 is 47.8 Å². The van der Waals surface area contributed by atoms with Crippen LogP contribution in [0.4, 0.5) is 0 Å². The van der Waals surface area contributed by atoms with E-state index in [1.54, 1.807) is 21.3 Å². The van der Waals surface area contributed by atoms with Crippen molar-refractivity contribution in [1.82, 2.24) is 0 Å². The van der Waals surface area contributed by atoms with Crippen LogP contribution >= 0.6 is 0 Å². The van der Waals surface area contributed by atoms with E-state index in [2.05, 4.69) is 6.92 Å². The van der Waals surface area contributed by atoms with Gasteiger partial charge in [0, 0.05) is 51.4 Å². The average molecular weight is 557 g/mol. The SMILES string of the molecule is COCO[C@H]1C[C@H]2OC(C)(C)OC[C@]23C2C(CC[C@]3(O)C1)[C@@]1(OCOC)CC[C@H](C=O)[C@@]1(C)C[C@H]2OCOC. The molecule has 10 atom stereocenters. The molecule has 10 heteroatoms. The predicted octanol–water partition coefficient (Wildman–Crippen LogP) is 3.03. The second kappa shape index (κ2) is 10.9. The highest BCUT2D eigenvalue weighted by Gasteiger charge is 2.77. The van der Waals surface area contributed by atoms with Gasteiger partial charge in [0.1, 0.15) is 26.7 Å². The van der Waals surface area contributed by atoms with Crippen molar-refractivity contribution in [1.29, 1.82) is 0 Å². The van der Waals surface area contributed by atoms with Crippen molar-refractivity contribution < 1.29 is 47.8 Å². The van der Waals surface area contributed by atoms with Crippen LogP contribution in [0, 0.1) is 28.6 Å². The molecule has 0 amide bonds. The van der Waals surface area contributed by atoms with Gasteiger partial charge in [0.05, 0.1) is 41.5 Å². The summed E-state index contributed by atoms with van der Waals surface area (Å²) in [5.74, 6) is -1.13. The molecule has 224 valence electrons. The maximum atomic E-state index is 12.7. The lowest BCUT2D eigenvalue weighted by Gasteiger charge is -2.71. The molecule has 4 aliphatic carbocycles. The quantitative estimate of drug-likeness (QED) is 0.318. The van der Waals surface area contributed by atoms with Gasteiger partial charge in [-0.05, 0) is 51.9 Å². The Morgan fingerprint density at radius 1 is 0.949 bits per heavy atom. The molecule has 0 aromatic carbocycles. The molecule has 2 unspecified atom stereocenters. The first-order valence-corrected chi connectivity index (χ1v) is 14.4. The summed E-state index contributed by atoms with van der Waals surface area (Å²) in [4.78, 5) is 12.4. The second-order valence-corrected chi connectivity index (χ2v) is 13.1. The molecule has 1 aliphatic heterocycles. The average Bonchev–Trinajstić information content (AvgIpc) is 3.19. The first kappa shape index (κ1) is 29.8. The van der Waals surface area contributed by atoms with Crippen LogP contribution in [-0.2, 0) is 42.7 Å². The number of methoxy groups -OCH3 is 3. The molecule has 0 aromatic rings. The van der Waals surface area contributed by atoms with Gasteiger partial charge in [0.2, 0.25) is 0 Å². The Hall–Kier alpha value is -0.690. The van der Waals surface area contributed by atoms with Crippen molar-refractivity contribution in [2.45, 2.75) is 101 Å². The lowest BCUT2D eigenvalue weighted by atomic mass is 9.40. The van der Waals surface area contributed by atoms with Crippen molar-refractivity contribution in [3.63, 3.8) is 0 Å². The summed E-state index contributed by atoms with van der Waals surface area (Å²) in [6.07, 6.45) is 4.68. The smallest absolute Gasteiger partial charge is 0.163 e. The molecule has 1 heterocycles. The lowest BCUT2D eigenvalue weighted by molar-refractivity contribution is -0.408. The van der Waals surface area contributed by atoms with Crippen molar-refractivity contribution in [2.24, 2.45) is 28.6 Å². The van der Waals surface area contributed by atoms with Gasteiger partial charge in [-0.2, -0.15) is 0 Å². The minimum absolute atomic E-state index is 0.00848. The Morgan fingerprint density at radius 2 is 1.67 bits per heavy atom. The van der Waals surface area contributed by atoms with E-state index in [1.807, 2.05) is 13.8 Å². The topological polar surface area (TPSA) is 111 Å². The zero-order chi connectivity index (χ0) is 28.1. The first-order chi connectivity index (χ1) is 18.6. The summed E-state index contributed by atoms with van der Waals surface area (Å²) in [5, 5.41) is 12.7. The summed E-state index contributed by atoms with van der Waals surface area (Å²) in [7, 11) is 4.85. The lowest BCUT2D eigenvalue weighted by Crippen LogP contribution is -2.78. The van der Waals surface area contributed by atoms with Crippen LogP contribution in [0.15, 0.2) is 0 Å². The standard InChI is InChI=1S/C29H48O10/c1-25(2)37-15-28-23(39-25)11-20(35-16-32-4)12-27(28,31)9-8-21-24(28)22(36-17-33-5)13-26(3)19(14-30)7-10-29(21,26)38-18-34-6/h14,19-24,31H,7-13,15-18H2,1-6H3/t19-,20+,21?,22-,23-,24?,26-,27+,28-,29+/m1/s1. The third-order valence-corrected chi connectivity index (χ3v) is 11.1. The highest BCUT2D eigenvalue weighted by molar-refractivity contribution is 5.57. The largest absolute Gasteiger partial charge is 0.389 e. The number of carbonyl (C=O) groups excluding carboxylic acids is 1. The Labute approximate surface area is 232 Å². The number of fused-ring (bicyclic) bond motifs is 3. The van der Waals surface area contributed by atoms with Crippen LogP contribution in [0.25, 0.3) is 0 Å². The van der Waals surface area contributed by atoms with E-state index in [0.717, 1.165) is 19.1 Å². The van der Waals surface area contributed by atoms with Crippen LogP contribution in [0.5, 0.6) is 0 Å². The number of hydrogen-bond acceptors (Lipinski definition) is 10. The van der Waals surface area contributed by atoms with Crippen LogP contribution in [0.2, 0.25) is 0 Å². The monoisotopic (exact) mass is 556 g/mol. The molecule has 1 N–H and O–H groups in total. The molecule has 1 saturated heterocycles. The van der Waals surface area contributed by atoms with Crippen molar-refractivity contribution in [3.05, 3.63) is 0 Å². The fourth-order valence-electron chi connectivity index (χ4n) is 9.55. The molecule has 10 nitrogen and oxygen atoms in total. The van der Waals surface area contributed by atoms with Gasteiger partial charge in [-0.25, -0.2) is 0 Å². The molecule has 0 aromatic heterocycles. The molecular formula is C29H48O10. The summed E-state index contributed by atoms with van der Waals surface area (Å²) in [6.45, 7) is 6.77. The fraction of sp³-hybridized carbons (Fsp3) is 0.966. The Kier molecular flexibility index (Phi) is 8.29. The highest BCUT2D eigenvalue weighted by atomic mass is 16.7. The summed E-state index contributed by atoms with van der Waals surface area (Å²) in [5.41, 5.74) is -2.94.